The Balaban J connectivity index is 3.80. The van der Waals surface area contributed by atoms with E-state index in [9.17, 15) is 4.79 Å². The first kappa shape index (κ1) is 18.4. The molecule has 0 aliphatic heterocycles. The molecule has 2 N–H and O–H groups in total. The van der Waals surface area contributed by atoms with Crippen molar-refractivity contribution in [2.75, 3.05) is 26.4 Å². The van der Waals surface area contributed by atoms with E-state index in [-0.39, 0.29) is 11.4 Å². The van der Waals surface area contributed by atoms with Gasteiger partial charge in [0.15, 0.2) is 0 Å². The summed E-state index contributed by atoms with van der Waals surface area (Å²) in [6.07, 6.45) is 3.25. The van der Waals surface area contributed by atoms with Gasteiger partial charge in [0.1, 0.15) is 6.61 Å². The van der Waals surface area contributed by atoms with E-state index in [2.05, 4.69) is 27.7 Å². The molecular formula is C15H31NO3. The highest BCUT2D eigenvalue weighted by Crippen LogP contribution is 2.32. The number of rotatable bonds is 10. The summed E-state index contributed by atoms with van der Waals surface area (Å²) in [6, 6.07) is 0. The van der Waals surface area contributed by atoms with E-state index in [1.807, 2.05) is 0 Å². The SMILES string of the molecule is CCCOCCOC(=O)CCC(CCN)C(C)(C)C. The van der Waals surface area contributed by atoms with Crippen molar-refractivity contribution in [3.8, 4) is 0 Å². The number of hydrogen-bond acceptors (Lipinski definition) is 4. The largest absolute Gasteiger partial charge is 0.463 e. The summed E-state index contributed by atoms with van der Waals surface area (Å²) in [5.41, 5.74) is 5.81. The summed E-state index contributed by atoms with van der Waals surface area (Å²) in [4.78, 5) is 11.6. The van der Waals surface area contributed by atoms with Crippen LogP contribution in [0.25, 0.3) is 0 Å². The van der Waals surface area contributed by atoms with E-state index in [4.69, 9.17) is 15.2 Å². The minimum Gasteiger partial charge on any atom is -0.463 e. The second kappa shape index (κ2) is 10.2. The molecule has 0 spiro atoms. The fourth-order valence-corrected chi connectivity index (χ4v) is 2.04. The summed E-state index contributed by atoms with van der Waals surface area (Å²) in [5, 5.41) is 0. The number of esters is 1. The molecule has 0 aliphatic rings. The Bertz CT molecular complexity index is 236. The van der Waals surface area contributed by atoms with E-state index in [1.165, 1.54) is 0 Å². The molecule has 0 aliphatic carbocycles. The minimum atomic E-state index is -0.133. The molecule has 0 radical (unpaired) electrons. The molecular weight excluding hydrogens is 242 g/mol. The molecule has 0 bridgehead atoms. The summed E-state index contributed by atoms with van der Waals surface area (Å²) in [6.45, 7) is 10.9. The Morgan fingerprint density at radius 3 is 2.37 bits per heavy atom. The zero-order chi connectivity index (χ0) is 14.7. The van der Waals surface area contributed by atoms with Crippen LogP contribution >= 0.6 is 0 Å². The third-order valence-corrected chi connectivity index (χ3v) is 3.28. The van der Waals surface area contributed by atoms with Gasteiger partial charge in [0.2, 0.25) is 0 Å². The van der Waals surface area contributed by atoms with Gasteiger partial charge in [-0.25, -0.2) is 0 Å². The normalized spacial score (nSPS) is 13.3. The van der Waals surface area contributed by atoms with Crippen molar-refractivity contribution in [2.24, 2.45) is 17.1 Å². The van der Waals surface area contributed by atoms with Crippen molar-refractivity contribution in [3.63, 3.8) is 0 Å². The first-order valence-electron chi connectivity index (χ1n) is 7.35. The van der Waals surface area contributed by atoms with Crippen molar-refractivity contribution >= 4 is 5.97 Å². The fourth-order valence-electron chi connectivity index (χ4n) is 2.04. The molecule has 114 valence electrons. The molecule has 0 heterocycles. The van der Waals surface area contributed by atoms with E-state index in [0.717, 1.165) is 25.9 Å². The van der Waals surface area contributed by atoms with Crippen molar-refractivity contribution < 1.29 is 14.3 Å². The van der Waals surface area contributed by atoms with Crippen LogP contribution < -0.4 is 5.73 Å². The molecule has 0 aromatic rings. The summed E-state index contributed by atoms with van der Waals surface area (Å²) in [7, 11) is 0. The summed E-state index contributed by atoms with van der Waals surface area (Å²) >= 11 is 0. The standard InChI is InChI=1S/C15H31NO3/c1-5-10-18-11-12-19-14(17)7-6-13(8-9-16)15(2,3)4/h13H,5-12,16H2,1-4H3. The van der Waals surface area contributed by atoms with Gasteiger partial charge in [-0.1, -0.05) is 27.7 Å². The average Bonchev–Trinajstić information content (AvgIpc) is 2.32. The van der Waals surface area contributed by atoms with Crippen LogP contribution in [0.1, 0.15) is 53.4 Å². The lowest BCUT2D eigenvalue weighted by Crippen LogP contribution is -2.24. The topological polar surface area (TPSA) is 61.5 Å². The first-order valence-corrected chi connectivity index (χ1v) is 7.35. The van der Waals surface area contributed by atoms with Gasteiger partial charge < -0.3 is 15.2 Å². The Labute approximate surface area is 118 Å². The molecule has 19 heavy (non-hydrogen) atoms. The van der Waals surface area contributed by atoms with Gasteiger partial charge in [-0.15, -0.1) is 0 Å². The monoisotopic (exact) mass is 273 g/mol. The smallest absolute Gasteiger partial charge is 0.305 e. The van der Waals surface area contributed by atoms with Crippen LogP contribution in [-0.2, 0) is 14.3 Å². The predicted octanol–water partition coefficient (Wildman–Crippen LogP) is 2.75. The number of carbonyl (C=O) groups is 1. The van der Waals surface area contributed by atoms with Crippen LogP contribution in [0.15, 0.2) is 0 Å². The molecule has 0 saturated heterocycles. The van der Waals surface area contributed by atoms with Crippen LogP contribution in [0.2, 0.25) is 0 Å². The molecule has 1 unspecified atom stereocenters. The average molecular weight is 273 g/mol. The van der Waals surface area contributed by atoms with Gasteiger partial charge in [-0.3, -0.25) is 4.79 Å². The van der Waals surface area contributed by atoms with Crippen LogP contribution in [0.5, 0.6) is 0 Å². The molecule has 0 aromatic heterocycles. The summed E-state index contributed by atoms with van der Waals surface area (Å²) in [5.74, 6) is 0.327. The maximum absolute atomic E-state index is 11.6. The lowest BCUT2D eigenvalue weighted by molar-refractivity contribution is -0.145. The highest BCUT2D eigenvalue weighted by atomic mass is 16.6. The molecule has 0 aromatic carbocycles. The van der Waals surface area contributed by atoms with Crippen LogP contribution in [-0.4, -0.2) is 32.3 Å². The first-order chi connectivity index (χ1) is 8.91. The number of hydrogen-bond donors (Lipinski definition) is 1. The zero-order valence-corrected chi connectivity index (χ0v) is 13.0. The van der Waals surface area contributed by atoms with E-state index in [1.54, 1.807) is 0 Å². The van der Waals surface area contributed by atoms with E-state index < -0.39 is 0 Å². The maximum Gasteiger partial charge on any atom is 0.305 e. The van der Waals surface area contributed by atoms with Gasteiger partial charge in [0.05, 0.1) is 6.61 Å². The van der Waals surface area contributed by atoms with Crippen LogP contribution in [0.4, 0.5) is 0 Å². The minimum absolute atomic E-state index is 0.133. The number of ether oxygens (including phenoxy) is 2. The molecule has 0 fully saturated rings. The number of carbonyl (C=O) groups excluding carboxylic acids is 1. The molecule has 4 heteroatoms. The lowest BCUT2D eigenvalue weighted by atomic mass is 9.76. The third kappa shape index (κ3) is 9.91. The van der Waals surface area contributed by atoms with Crippen LogP contribution in [0, 0.1) is 11.3 Å². The Morgan fingerprint density at radius 2 is 1.84 bits per heavy atom. The predicted molar refractivity (Wildman–Crippen MR) is 77.9 cm³/mol. The Kier molecular flexibility index (Phi) is 9.88. The maximum atomic E-state index is 11.6. The number of nitrogens with two attached hydrogens (primary N) is 1. The molecule has 1 atom stereocenters. The highest BCUT2D eigenvalue weighted by molar-refractivity contribution is 5.69. The quantitative estimate of drug-likeness (QED) is 0.491. The Hall–Kier alpha value is -0.610. The zero-order valence-electron chi connectivity index (χ0n) is 13.0. The summed E-state index contributed by atoms with van der Waals surface area (Å²) < 4.78 is 10.4. The molecule has 0 rings (SSSR count). The lowest BCUT2D eigenvalue weighted by Gasteiger charge is -2.30. The second-order valence-corrected chi connectivity index (χ2v) is 6.01. The van der Waals surface area contributed by atoms with Gasteiger partial charge in [0, 0.05) is 13.0 Å². The van der Waals surface area contributed by atoms with Gasteiger partial charge in [-0.2, -0.15) is 0 Å². The Morgan fingerprint density at radius 1 is 1.16 bits per heavy atom. The third-order valence-electron chi connectivity index (χ3n) is 3.28. The van der Waals surface area contributed by atoms with Crippen molar-refractivity contribution in [2.45, 2.75) is 53.4 Å². The van der Waals surface area contributed by atoms with E-state index in [0.29, 0.717) is 32.1 Å². The van der Waals surface area contributed by atoms with Gasteiger partial charge in [-0.05, 0) is 37.1 Å². The fraction of sp³-hybridized carbons (Fsp3) is 0.933. The van der Waals surface area contributed by atoms with E-state index >= 15 is 0 Å². The molecule has 0 amide bonds. The van der Waals surface area contributed by atoms with Gasteiger partial charge in [0.25, 0.3) is 0 Å². The van der Waals surface area contributed by atoms with Crippen LogP contribution in [0.3, 0.4) is 0 Å². The van der Waals surface area contributed by atoms with Crippen molar-refractivity contribution in [3.05, 3.63) is 0 Å². The van der Waals surface area contributed by atoms with Crippen molar-refractivity contribution in [1.82, 2.24) is 0 Å². The highest BCUT2D eigenvalue weighted by Gasteiger charge is 2.24. The molecule has 0 saturated carbocycles. The molecule has 4 nitrogen and oxygen atoms in total. The van der Waals surface area contributed by atoms with Gasteiger partial charge >= 0.3 is 5.97 Å². The second-order valence-electron chi connectivity index (χ2n) is 6.01. The van der Waals surface area contributed by atoms with Crippen molar-refractivity contribution in [1.29, 1.82) is 0 Å².